The highest BCUT2D eigenvalue weighted by Crippen LogP contribution is 2.18. The molecule has 0 heterocycles. The number of aryl methyl sites for hydroxylation is 1. The Bertz CT molecular complexity index is 486. The summed E-state index contributed by atoms with van der Waals surface area (Å²) in [6.45, 7) is 1.66. The van der Waals surface area contributed by atoms with Crippen LogP contribution in [0.3, 0.4) is 0 Å². The van der Waals surface area contributed by atoms with E-state index in [0.29, 0.717) is 5.56 Å². The molecule has 0 amide bonds. The maximum absolute atomic E-state index is 11.5. The maximum Gasteiger partial charge on any atom is 0.241 e. The van der Waals surface area contributed by atoms with Crippen molar-refractivity contribution in [1.29, 1.82) is 5.26 Å². The second-order valence-electron chi connectivity index (χ2n) is 2.77. The highest BCUT2D eigenvalue weighted by atomic mass is 32.2. The zero-order valence-electron chi connectivity index (χ0n) is 7.90. The smallest absolute Gasteiger partial charge is 0.214 e. The third kappa shape index (κ3) is 1.76. The van der Waals surface area contributed by atoms with Crippen LogP contribution in [0.25, 0.3) is 0 Å². The van der Waals surface area contributed by atoms with Crippen molar-refractivity contribution < 1.29 is 8.42 Å². The zero-order valence-corrected chi connectivity index (χ0v) is 8.72. The van der Waals surface area contributed by atoms with Gasteiger partial charge >= 0.3 is 0 Å². The van der Waals surface area contributed by atoms with Crippen LogP contribution in [0, 0.1) is 18.3 Å². The van der Waals surface area contributed by atoms with Gasteiger partial charge in [0, 0.05) is 0 Å². The highest BCUT2D eigenvalue weighted by molar-refractivity contribution is 7.89. The number of nitrogens with zero attached hydrogens (tertiary/aromatic N) is 1. The van der Waals surface area contributed by atoms with Gasteiger partial charge in [-0.05, 0) is 25.6 Å². The lowest BCUT2D eigenvalue weighted by Crippen LogP contribution is -2.20. The zero-order chi connectivity index (χ0) is 10.8. The van der Waals surface area contributed by atoms with Gasteiger partial charge in [0.05, 0.1) is 5.56 Å². The molecule has 5 heteroatoms. The summed E-state index contributed by atoms with van der Waals surface area (Å²) in [4.78, 5) is 0.0602. The van der Waals surface area contributed by atoms with Crippen molar-refractivity contribution in [1.82, 2.24) is 4.72 Å². The normalized spacial score (nSPS) is 10.9. The molecule has 0 aliphatic heterocycles. The molecule has 0 saturated heterocycles. The number of rotatable bonds is 2. The van der Waals surface area contributed by atoms with E-state index in [0.717, 1.165) is 0 Å². The van der Waals surface area contributed by atoms with Gasteiger partial charge in [0.25, 0.3) is 0 Å². The standard InChI is InChI=1S/C9H10N2O2S/c1-7-4-3-5-8(6-10)9(7)14(12,13)11-2/h3-5,11H,1-2H3. The van der Waals surface area contributed by atoms with E-state index in [9.17, 15) is 8.42 Å². The number of hydrogen-bond donors (Lipinski definition) is 1. The molecule has 0 saturated carbocycles. The lowest BCUT2D eigenvalue weighted by molar-refractivity contribution is 0.587. The number of nitrogens with one attached hydrogen (secondary N) is 1. The van der Waals surface area contributed by atoms with Crippen LogP contribution in [-0.2, 0) is 10.0 Å². The Morgan fingerprint density at radius 2 is 2.07 bits per heavy atom. The van der Waals surface area contributed by atoms with E-state index in [4.69, 9.17) is 5.26 Å². The van der Waals surface area contributed by atoms with Crippen molar-refractivity contribution in [3.8, 4) is 6.07 Å². The average Bonchev–Trinajstić information content (AvgIpc) is 2.17. The minimum absolute atomic E-state index is 0.0602. The monoisotopic (exact) mass is 210 g/mol. The molecule has 0 aliphatic carbocycles. The van der Waals surface area contributed by atoms with Crippen LogP contribution >= 0.6 is 0 Å². The Hall–Kier alpha value is -1.38. The van der Waals surface area contributed by atoms with E-state index in [1.807, 2.05) is 6.07 Å². The minimum Gasteiger partial charge on any atom is -0.214 e. The van der Waals surface area contributed by atoms with Gasteiger partial charge in [-0.1, -0.05) is 12.1 Å². The summed E-state index contributed by atoms with van der Waals surface area (Å²) in [7, 11) is -2.22. The number of hydrogen-bond acceptors (Lipinski definition) is 3. The molecule has 0 radical (unpaired) electrons. The van der Waals surface area contributed by atoms with Crippen LogP contribution < -0.4 is 4.72 Å². The van der Waals surface area contributed by atoms with Crippen molar-refractivity contribution in [3.63, 3.8) is 0 Å². The van der Waals surface area contributed by atoms with E-state index in [2.05, 4.69) is 4.72 Å². The molecule has 14 heavy (non-hydrogen) atoms. The predicted molar refractivity (Wildman–Crippen MR) is 52.1 cm³/mol. The molecule has 4 nitrogen and oxygen atoms in total. The molecule has 74 valence electrons. The molecule has 0 unspecified atom stereocenters. The fraction of sp³-hybridized carbons (Fsp3) is 0.222. The van der Waals surface area contributed by atoms with Gasteiger partial charge in [0.1, 0.15) is 11.0 Å². The van der Waals surface area contributed by atoms with E-state index in [1.165, 1.54) is 13.1 Å². The lowest BCUT2D eigenvalue weighted by Gasteiger charge is -2.07. The second-order valence-corrected chi connectivity index (χ2v) is 4.59. The second kappa shape index (κ2) is 3.78. The first-order valence-electron chi connectivity index (χ1n) is 3.96. The van der Waals surface area contributed by atoms with E-state index in [-0.39, 0.29) is 10.5 Å². The maximum atomic E-state index is 11.5. The summed E-state index contributed by atoms with van der Waals surface area (Å²) in [6.07, 6.45) is 0. The van der Waals surface area contributed by atoms with Gasteiger partial charge in [0.2, 0.25) is 10.0 Å². The van der Waals surface area contributed by atoms with Crippen molar-refractivity contribution in [2.24, 2.45) is 0 Å². The van der Waals surface area contributed by atoms with E-state index >= 15 is 0 Å². The quantitative estimate of drug-likeness (QED) is 0.784. The first-order chi connectivity index (χ1) is 6.53. The Balaban J connectivity index is 3.57. The Morgan fingerprint density at radius 1 is 1.43 bits per heavy atom. The van der Waals surface area contributed by atoms with Crippen molar-refractivity contribution >= 4 is 10.0 Å². The van der Waals surface area contributed by atoms with Crippen molar-refractivity contribution in [3.05, 3.63) is 29.3 Å². The van der Waals surface area contributed by atoms with Crippen LogP contribution in [-0.4, -0.2) is 15.5 Å². The molecule has 0 bridgehead atoms. The lowest BCUT2D eigenvalue weighted by atomic mass is 10.1. The summed E-state index contributed by atoms with van der Waals surface area (Å²) in [5.41, 5.74) is 0.734. The summed E-state index contributed by atoms with van der Waals surface area (Å²) in [6, 6.07) is 6.65. The molecule has 1 N–H and O–H groups in total. The molecule has 1 rings (SSSR count). The molecular weight excluding hydrogens is 200 g/mol. The van der Waals surface area contributed by atoms with Crippen LogP contribution in [0.2, 0.25) is 0 Å². The molecule has 1 aromatic rings. The fourth-order valence-corrected chi connectivity index (χ4v) is 2.30. The van der Waals surface area contributed by atoms with Crippen LogP contribution in [0.1, 0.15) is 11.1 Å². The summed E-state index contributed by atoms with van der Waals surface area (Å²) < 4.78 is 25.3. The summed E-state index contributed by atoms with van der Waals surface area (Å²) >= 11 is 0. The Labute approximate surface area is 83.2 Å². The molecule has 0 fully saturated rings. The molecule has 0 aliphatic rings. The largest absolute Gasteiger partial charge is 0.241 e. The Morgan fingerprint density at radius 3 is 2.57 bits per heavy atom. The first-order valence-corrected chi connectivity index (χ1v) is 5.44. The van der Waals surface area contributed by atoms with E-state index in [1.54, 1.807) is 19.1 Å². The topological polar surface area (TPSA) is 70.0 Å². The Kier molecular flexibility index (Phi) is 2.89. The highest BCUT2D eigenvalue weighted by Gasteiger charge is 2.18. The third-order valence-corrected chi connectivity index (χ3v) is 3.49. The van der Waals surface area contributed by atoms with Crippen LogP contribution in [0.5, 0.6) is 0 Å². The van der Waals surface area contributed by atoms with Crippen LogP contribution in [0.4, 0.5) is 0 Å². The van der Waals surface area contributed by atoms with Gasteiger partial charge in [-0.2, -0.15) is 5.26 Å². The van der Waals surface area contributed by atoms with Crippen molar-refractivity contribution in [2.75, 3.05) is 7.05 Å². The molecule has 0 atom stereocenters. The first kappa shape index (κ1) is 10.7. The van der Waals surface area contributed by atoms with Gasteiger partial charge in [-0.15, -0.1) is 0 Å². The minimum atomic E-state index is -3.54. The molecular formula is C9H10N2O2S. The van der Waals surface area contributed by atoms with Crippen LogP contribution in [0.15, 0.2) is 23.1 Å². The van der Waals surface area contributed by atoms with Gasteiger partial charge in [-0.25, -0.2) is 13.1 Å². The number of benzene rings is 1. The van der Waals surface area contributed by atoms with Gasteiger partial charge in [0.15, 0.2) is 0 Å². The van der Waals surface area contributed by atoms with Gasteiger partial charge in [-0.3, -0.25) is 0 Å². The van der Waals surface area contributed by atoms with Gasteiger partial charge < -0.3 is 0 Å². The number of nitriles is 1. The predicted octanol–water partition coefficient (Wildman–Crippen LogP) is 0.775. The molecule has 1 aromatic carbocycles. The third-order valence-electron chi connectivity index (χ3n) is 1.87. The molecule has 0 aromatic heterocycles. The summed E-state index contributed by atoms with van der Waals surface area (Å²) in [5, 5.41) is 8.76. The number of sulfonamides is 1. The van der Waals surface area contributed by atoms with E-state index < -0.39 is 10.0 Å². The summed E-state index contributed by atoms with van der Waals surface area (Å²) in [5.74, 6) is 0. The average molecular weight is 210 g/mol. The SMILES string of the molecule is CNS(=O)(=O)c1c(C)cccc1C#N. The molecule has 0 spiro atoms. The fourth-order valence-electron chi connectivity index (χ4n) is 1.20. The van der Waals surface area contributed by atoms with Crippen molar-refractivity contribution in [2.45, 2.75) is 11.8 Å².